The van der Waals surface area contributed by atoms with Gasteiger partial charge in [-0.25, -0.2) is 8.42 Å². The zero-order chi connectivity index (χ0) is 24.5. The van der Waals surface area contributed by atoms with Crippen molar-refractivity contribution in [3.8, 4) is 11.3 Å². The second kappa shape index (κ2) is 9.42. The molecule has 1 fully saturated rings. The Labute approximate surface area is 200 Å². The van der Waals surface area contributed by atoms with Gasteiger partial charge in [0.15, 0.2) is 5.82 Å². The first-order valence-electron chi connectivity index (χ1n) is 10.6. The van der Waals surface area contributed by atoms with E-state index in [9.17, 15) is 21.6 Å². The van der Waals surface area contributed by atoms with Crippen LogP contribution in [0.1, 0.15) is 25.3 Å². The molecule has 6 nitrogen and oxygen atoms in total. The van der Waals surface area contributed by atoms with Gasteiger partial charge in [-0.2, -0.15) is 13.2 Å². The van der Waals surface area contributed by atoms with E-state index in [4.69, 9.17) is 11.6 Å². The third kappa shape index (κ3) is 5.44. The number of anilines is 2. The van der Waals surface area contributed by atoms with Gasteiger partial charge in [0.05, 0.1) is 16.3 Å². The third-order valence-corrected chi connectivity index (χ3v) is 7.58. The van der Waals surface area contributed by atoms with Gasteiger partial charge in [0.2, 0.25) is 0 Å². The van der Waals surface area contributed by atoms with Gasteiger partial charge in [-0.15, -0.1) is 10.2 Å². The number of piperidine rings is 1. The first kappa shape index (κ1) is 24.3. The molecular weight excluding hydrogens is 489 g/mol. The lowest BCUT2D eigenvalue weighted by atomic mass is 9.99. The lowest BCUT2D eigenvalue weighted by Crippen LogP contribution is -2.33. The highest BCUT2D eigenvalue weighted by atomic mass is 35.5. The van der Waals surface area contributed by atoms with Crippen LogP contribution in [-0.4, -0.2) is 31.7 Å². The summed E-state index contributed by atoms with van der Waals surface area (Å²) in [5.41, 5.74) is 0.181. The van der Waals surface area contributed by atoms with Crippen molar-refractivity contribution in [1.29, 1.82) is 0 Å². The van der Waals surface area contributed by atoms with Crippen LogP contribution in [0.4, 0.5) is 24.7 Å². The van der Waals surface area contributed by atoms with E-state index in [0.29, 0.717) is 23.2 Å². The van der Waals surface area contributed by atoms with Crippen molar-refractivity contribution in [2.45, 2.75) is 30.8 Å². The Kier molecular flexibility index (Phi) is 6.73. The summed E-state index contributed by atoms with van der Waals surface area (Å²) in [5.74, 6) is 1.48. The lowest BCUT2D eigenvalue weighted by Gasteiger charge is -2.30. The molecule has 34 heavy (non-hydrogen) atoms. The number of rotatable bonds is 5. The fourth-order valence-corrected chi connectivity index (χ4v) is 5.30. The van der Waals surface area contributed by atoms with Crippen molar-refractivity contribution < 1.29 is 21.6 Å². The number of nitrogens with zero attached hydrogens (tertiary/aromatic N) is 3. The van der Waals surface area contributed by atoms with Crippen molar-refractivity contribution in [2.75, 3.05) is 22.7 Å². The summed E-state index contributed by atoms with van der Waals surface area (Å²) in [7, 11) is -4.38. The van der Waals surface area contributed by atoms with Crippen molar-refractivity contribution in [3.05, 3.63) is 65.2 Å². The highest BCUT2D eigenvalue weighted by Gasteiger charge is 2.32. The standard InChI is InChI=1S/C23H22ClF3N4O2S/c1-15-9-11-31(12-10-15)22-8-7-20(28-29-22)16-3-2-4-18(13-16)30-34(32,33)21-14-17(23(25,26)27)5-6-19(21)24/h2-8,13-15,30H,9-12H2,1H3. The summed E-state index contributed by atoms with van der Waals surface area (Å²) < 4.78 is 67.0. The van der Waals surface area contributed by atoms with E-state index in [-0.39, 0.29) is 10.7 Å². The molecule has 0 spiro atoms. The van der Waals surface area contributed by atoms with Crippen LogP contribution in [0.5, 0.6) is 0 Å². The van der Waals surface area contributed by atoms with Gasteiger partial charge < -0.3 is 4.90 Å². The molecule has 0 bridgehead atoms. The maximum Gasteiger partial charge on any atom is 0.416 e. The van der Waals surface area contributed by atoms with Crippen LogP contribution < -0.4 is 9.62 Å². The van der Waals surface area contributed by atoms with E-state index in [1.165, 1.54) is 12.1 Å². The molecule has 0 aliphatic carbocycles. The Balaban J connectivity index is 1.55. The monoisotopic (exact) mass is 510 g/mol. The second-order valence-corrected chi connectivity index (χ2v) is 10.3. The Morgan fingerprint density at radius 2 is 1.76 bits per heavy atom. The molecule has 180 valence electrons. The first-order chi connectivity index (χ1) is 16.0. The molecule has 0 unspecified atom stereocenters. The summed E-state index contributed by atoms with van der Waals surface area (Å²) in [6, 6.07) is 12.2. The SMILES string of the molecule is CC1CCN(c2ccc(-c3cccc(NS(=O)(=O)c4cc(C(F)(F)F)ccc4Cl)c3)nn2)CC1. The number of halogens is 4. The molecule has 3 aromatic rings. The topological polar surface area (TPSA) is 75.2 Å². The number of alkyl halides is 3. The smallest absolute Gasteiger partial charge is 0.355 e. The van der Waals surface area contributed by atoms with Gasteiger partial charge in [-0.3, -0.25) is 4.72 Å². The van der Waals surface area contributed by atoms with Crippen LogP contribution in [-0.2, 0) is 16.2 Å². The Bertz CT molecular complexity index is 1280. The van der Waals surface area contributed by atoms with Crippen LogP contribution in [0.15, 0.2) is 59.5 Å². The molecule has 1 aliphatic rings. The fourth-order valence-electron chi connectivity index (χ4n) is 3.72. The van der Waals surface area contributed by atoms with Gasteiger partial charge in [0.25, 0.3) is 10.0 Å². The van der Waals surface area contributed by atoms with E-state index in [0.717, 1.165) is 43.9 Å². The number of benzene rings is 2. The minimum atomic E-state index is -4.70. The van der Waals surface area contributed by atoms with Crippen molar-refractivity contribution in [3.63, 3.8) is 0 Å². The zero-order valence-corrected chi connectivity index (χ0v) is 19.8. The van der Waals surface area contributed by atoms with Crippen molar-refractivity contribution >= 4 is 33.1 Å². The molecule has 1 N–H and O–H groups in total. The minimum absolute atomic E-state index is 0.155. The molecule has 1 aliphatic heterocycles. The average molecular weight is 511 g/mol. The van der Waals surface area contributed by atoms with Gasteiger partial charge in [-0.05, 0) is 61.2 Å². The van der Waals surface area contributed by atoms with E-state index in [2.05, 4.69) is 26.7 Å². The molecule has 0 amide bonds. The molecule has 0 radical (unpaired) electrons. The number of aromatic nitrogens is 2. The summed E-state index contributed by atoms with van der Waals surface area (Å²) in [6.07, 6.45) is -2.50. The van der Waals surface area contributed by atoms with Crippen LogP contribution >= 0.6 is 11.6 Å². The Morgan fingerprint density at radius 1 is 1.03 bits per heavy atom. The molecule has 2 aromatic carbocycles. The van der Waals surface area contributed by atoms with Gasteiger partial charge in [-0.1, -0.05) is 30.7 Å². The minimum Gasteiger partial charge on any atom is -0.355 e. The predicted molar refractivity (Wildman–Crippen MR) is 125 cm³/mol. The van der Waals surface area contributed by atoms with Crippen LogP contribution in [0.2, 0.25) is 5.02 Å². The molecule has 0 atom stereocenters. The number of hydrogen-bond donors (Lipinski definition) is 1. The normalized spacial score (nSPS) is 15.4. The summed E-state index contributed by atoms with van der Waals surface area (Å²) in [6.45, 7) is 4.07. The third-order valence-electron chi connectivity index (χ3n) is 5.72. The van der Waals surface area contributed by atoms with Gasteiger partial charge in [0, 0.05) is 24.3 Å². The van der Waals surface area contributed by atoms with E-state index < -0.39 is 26.7 Å². The highest BCUT2D eigenvalue weighted by Crippen LogP contribution is 2.34. The van der Waals surface area contributed by atoms with Gasteiger partial charge >= 0.3 is 6.18 Å². The quantitative estimate of drug-likeness (QED) is 0.466. The summed E-state index contributed by atoms with van der Waals surface area (Å²) >= 11 is 5.90. The average Bonchev–Trinajstić information content (AvgIpc) is 2.79. The molecule has 2 heterocycles. The maximum absolute atomic E-state index is 13.0. The number of sulfonamides is 1. The Morgan fingerprint density at radius 3 is 2.41 bits per heavy atom. The molecule has 11 heteroatoms. The molecule has 4 rings (SSSR count). The van der Waals surface area contributed by atoms with Crippen LogP contribution in [0.25, 0.3) is 11.3 Å². The van der Waals surface area contributed by atoms with Crippen LogP contribution in [0, 0.1) is 5.92 Å². The highest BCUT2D eigenvalue weighted by molar-refractivity contribution is 7.92. The van der Waals surface area contributed by atoms with Gasteiger partial charge in [0.1, 0.15) is 4.90 Å². The lowest BCUT2D eigenvalue weighted by molar-refractivity contribution is -0.137. The molecule has 1 aromatic heterocycles. The first-order valence-corrected chi connectivity index (χ1v) is 12.5. The molecule has 0 saturated carbocycles. The maximum atomic E-state index is 13.0. The Hall–Kier alpha value is -2.85. The zero-order valence-electron chi connectivity index (χ0n) is 18.2. The van der Waals surface area contributed by atoms with E-state index in [1.54, 1.807) is 18.2 Å². The summed E-state index contributed by atoms with van der Waals surface area (Å²) in [5, 5.41) is 8.28. The molecule has 1 saturated heterocycles. The number of nitrogens with one attached hydrogen (secondary N) is 1. The fraction of sp³-hybridized carbons (Fsp3) is 0.304. The second-order valence-electron chi connectivity index (χ2n) is 8.28. The van der Waals surface area contributed by atoms with E-state index >= 15 is 0 Å². The van der Waals surface area contributed by atoms with Crippen molar-refractivity contribution in [2.24, 2.45) is 5.92 Å². The van der Waals surface area contributed by atoms with E-state index in [1.807, 2.05) is 6.07 Å². The number of hydrogen-bond acceptors (Lipinski definition) is 5. The predicted octanol–water partition coefficient (Wildman–Crippen LogP) is 5.85. The largest absolute Gasteiger partial charge is 0.416 e. The molecular formula is C23H22ClF3N4O2S. The van der Waals surface area contributed by atoms with Crippen molar-refractivity contribution in [1.82, 2.24) is 10.2 Å². The summed E-state index contributed by atoms with van der Waals surface area (Å²) in [4.78, 5) is 1.52. The van der Waals surface area contributed by atoms with Crippen LogP contribution in [0.3, 0.4) is 0 Å².